The molecule has 0 aliphatic carbocycles. The molecule has 2 amide bonds. The number of benzene rings is 2. The third-order valence-corrected chi connectivity index (χ3v) is 3.59. The van der Waals surface area contributed by atoms with E-state index in [9.17, 15) is 18.4 Å². The second-order valence-corrected chi connectivity index (χ2v) is 6.03. The highest BCUT2D eigenvalue weighted by Crippen LogP contribution is 2.14. The predicted octanol–water partition coefficient (Wildman–Crippen LogP) is 3.89. The Morgan fingerprint density at radius 2 is 1.73 bits per heavy atom. The van der Waals surface area contributed by atoms with Crippen molar-refractivity contribution >= 4 is 23.6 Å². The van der Waals surface area contributed by atoms with Gasteiger partial charge in [-0.25, -0.2) is 8.78 Å². The fraction of sp³-hybridized carbons (Fsp3) is 0.200. The van der Waals surface area contributed by atoms with Crippen molar-refractivity contribution in [1.82, 2.24) is 5.32 Å². The van der Waals surface area contributed by atoms with Gasteiger partial charge in [-0.05, 0) is 35.9 Å². The molecule has 2 N–H and O–H groups in total. The molecule has 0 bridgehead atoms. The molecule has 0 saturated carbocycles. The van der Waals surface area contributed by atoms with Gasteiger partial charge in [0.1, 0.15) is 11.6 Å². The Morgan fingerprint density at radius 1 is 1.08 bits per heavy atom. The summed E-state index contributed by atoms with van der Waals surface area (Å²) < 4.78 is 27.0. The van der Waals surface area contributed by atoms with E-state index < -0.39 is 17.5 Å². The molecular weight excluding hydrogens is 338 g/mol. The van der Waals surface area contributed by atoms with Crippen molar-refractivity contribution in [2.24, 2.45) is 5.92 Å². The fourth-order valence-corrected chi connectivity index (χ4v) is 2.12. The van der Waals surface area contributed by atoms with Gasteiger partial charge in [0.05, 0.1) is 0 Å². The van der Waals surface area contributed by atoms with Gasteiger partial charge in [-0.1, -0.05) is 32.0 Å². The molecule has 2 aromatic carbocycles. The van der Waals surface area contributed by atoms with E-state index in [1.165, 1.54) is 6.07 Å². The van der Waals surface area contributed by atoms with Crippen LogP contribution in [0.1, 0.15) is 25.0 Å². The van der Waals surface area contributed by atoms with Gasteiger partial charge in [0.15, 0.2) is 0 Å². The Hall–Kier alpha value is -3.02. The van der Waals surface area contributed by atoms with Crippen LogP contribution in [0.25, 0.3) is 6.08 Å². The number of amides is 2. The number of nitrogens with one attached hydrogen (secondary N) is 2. The van der Waals surface area contributed by atoms with E-state index in [2.05, 4.69) is 10.6 Å². The molecule has 0 spiro atoms. The van der Waals surface area contributed by atoms with Crippen LogP contribution >= 0.6 is 0 Å². The number of carbonyl (C=O) groups is 2. The summed E-state index contributed by atoms with van der Waals surface area (Å²) in [5, 5.41) is 5.41. The minimum atomic E-state index is -0.734. The first-order valence-electron chi connectivity index (χ1n) is 8.16. The van der Waals surface area contributed by atoms with Crippen molar-refractivity contribution in [2.75, 3.05) is 5.32 Å². The number of halogens is 2. The van der Waals surface area contributed by atoms with Crippen LogP contribution < -0.4 is 10.6 Å². The molecule has 26 heavy (non-hydrogen) atoms. The minimum absolute atomic E-state index is 0.0963. The Bertz CT molecular complexity index is 812. The highest BCUT2D eigenvalue weighted by atomic mass is 19.1. The van der Waals surface area contributed by atoms with E-state index >= 15 is 0 Å². The minimum Gasteiger partial charge on any atom is -0.348 e. The molecule has 4 nitrogen and oxygen atoms in total. The summed E-state index contributed by atoms with van der Waals surface area (Å²) in [6.45, 7) is 3.81. The lowest BCUT2D eigenvalue weighted by atomic mass is 10.1. The molecule has 0 aliphatic heterocycles. The Kier molecular flexibility index (Phi) is 6.60. The fourth-order valence-electron chi connectivity index (χ4n) is 2.12. The van der Waals surface area contributed by atoms with E-state index in [0.29, 0.717) is 5.69 Å². The Morgan fingerprint density at radius 3 is 2.38 bits per heavy atom. The van der Waals surface area contributed by atoms with Crippen molar-refractivity contribution < 1.29 is 18.4 Å². The maximum Gasteiger partial charge on any atom is 0.244 e. The van der Waals surface area contributed by atoms with E-state index in [0.717, 1.165) is 29.8 Å². The zero-order valence-corrected chi connectivity index (χ0v) is 14.6. The summed E-state index contributed by atoms with van der Waals surface area (Å²) >= 11 is 0. The van der Waals surface area contributed by atoms with Crippen LogP contribution in [0.2, 0.25) is 0 Å². The van der Waals surface area contributed by atoms with Crippen LogP contribution in [-0.4, -0.2) is 11.8 Å². The Balaban J connectivity index is 1.95. The summed E-state index contributed by atoms with van der Waals surface area (Å²) in [5.41, 5.74) is 1.16. The second kappa shape index (κ2) is 8.89. The lowest BCUT2D eigenvalue weighted by Crippen LogP contribution is -2.21. The Labute approximate surface area is 150 Å². The van der Waals surface area contributed by atoms with Gasteiger partial charge < -0.3 is 10.6 Å². The van der Waals surface area contributed by atoms with E-state index in [-0.39, 0.29) is 23.9 Å². The lowest BCUT2D eigenvalue weighted by Gasteiger charge is -2.09. The van der Waals surface area contributed by atoms with Crippen molar-refractivity contribution in [3.63, 3.8) is 0 Å². The molecule has 0 aliphatic rings. The molecule has 0 atom stereocenters. The first-order valence-corrected chi connectivity index (χ1v) is 8.16. The van der Waals surface area contributed by atoms with Crippen LogP contribution in [0.15, 0.2) is 48.5 Å². The van der Waals surface area contributed by atoms with Gasteiger partial charge in [0, 0.05) is 29.8 Å². The van der Waals surface area contributed by atoms with Gasteiger partial charge in [-0.15, -0.1) is 0 Å². The van der Waals surface area contributed by atoms with Crippen molar-refractivity contribution in [1.29, 1.82) is 0 Å². The number of rotatable bonds is 6. The summed E-state index contributed by atoms with van der Waals surface area (Å²) in [7, 11) is 0. The zero-order valence-electron chi connectivity index (χ0n) is 14.6. The molecule has 0 radical (unpaired) electrons. The first-order chi connectivity index (χ1) is 12.4. The third-order valence-electron chi connectivity index (χ3n) is 3.59. The molecule has 0 heterocycles. The second-order valence-electron chi connectivity index (χ2n) is 6.03. The molecule has 2 rings (SSSR count). The summed E-state index contributed by atoms with van der Waals surface area (Å²) in [6.07, 6.45) is 2.17. The molecule has 0 saturated heterocycles. The lowest BCUT2D eigenvalue weighted by molar-refractivity contribution is -0.119. The van der Waals surface area contributed by atoms with Gasteiger partial charge in [0.2, 0.25) is 11.8 Å². The molecule has 6 heteroatoms. The maximum absolute atomic E-state index is 13.5. The number of hydrogen-bond donors (Lipinski definition) is 2. The molecule has 0 fully saturated rings. The van der Waals surface area contributed by atoms with Crippen LogP contribution in [0.5, 0.6) is 0 Å². The predicted molar refractivity (Wildman–Crippen MR) is 97.1 cm³/mol. The SMILES string of the molecule is CC(C)C(=O)Nc1cccc(CNC(=O)/C=C/c2c(F)cccc2F)c1. The quantitative estimate of drug-likeness (QED) is 0.770. The van der Waals surface area contributed by atoms with Crippen LogP contribution in [0, 0.1) is 17.6 Å². The van der Waals surface area contributed by atoms with Gasteiger partial charge in [-0.2, -0.15) is 0 Å². The summed E-state index contributed by atoms with van der Waals surface area (Å²) in [5.74, 6) is -2.18. The van der Waals surface area contributed by atoms with Gasteiger partial charge >= 0.3 is 0 Å². The van der Waals surface area contributed by atoms with Crippen molar-refractivity contribution in [3.8, 4) is 0 Å². The molecule has 136 valence electrons. The standard InChI is InChI=1S/C20H20F2N2O2/c1-13(2)20(26)24-15-6-3-5-14(11-15)12-23-19(25)10-9-16-17(21)7-4-8-18(16)22/h3-11,13H,12H2,1-2H3,(H,23,25)(H,24,26)/b10-9+. The van der Waals surface area contributed by atoms with E-state index in [1.807, 2.05) is 0 Å². The van der Waals surface area contributed by atoms with Gasteiger partial charge in [-0.3, -0.25) is 9.59 Å². The third kappa shape index (κ3) is 5.51. The highest BCUT2D eigenvalue weighted by Gasteiger charge is 2.08. The molecular formula is C20H20F2N2O2. The largest absolute Gasteiger partial charge is 0.348 e. The molecule has 0 unspecified atom stereocenters. The topological polar surface area (TPSA) is 58.2 Å². The first kappa shape index (κ1) is 19.3. The maximum atomic E-state index is 13.5. The smallest absolute Gasteiger partial charge is 0.244 e. The molecule has 2 aromatic rings. The zero-order chi connectivity index (χ0) is 19.1. The molecule has 0 aromatic heterocycles. The highest BCUT2D eigenvalue weighted by molar-refractivity contribution is 5.92. The summed E-state index contributed by atoms with van der Waals surface area (Å²) in [4.78, 5) is 23.6. The number of hydrogen-bond acceptors (Lipinski definition) is 2. The summed E-state index contributed by atoms with van der Waals surface area (Å²) in [6, 6.07) is 10.6. The van der Waals surface area contributed by atoms with Crippen molar-refractivity contribution in [3.05, 3.63) is 71.3 Å². The average Bonchev–Trinajstić information content (AvgIpc) is 2.59. The monoisotopic (exact) mass is 358 g/mol. The normalized spacial score (nSPS) is 11.0. The van der Waals surface area contributed by atoms with Crippen molar-refractivity contribution in [2.45, 2.75) is 20.4 Å². The van der Waals surface area contributed by atoms with Crippen LogP contribution in [-0.2, 0) is 16.1 Å². The average molecular weight is 358 g/mol. The van der Waals surface area contributed by atoms with E-state index in [4.69, 9.17) is 0 Å². The van der Waals surface area contributed by atoms with Crippen LogP contribution in [0.3, 0.4) is 0 Å². The van der Waals surface area contributed by atoms with Crippen LogP contribution in [0.4, 0.5) is 14.5 Å². The van der Waals surface area contributed by atoms with Gasteiger partial charge in [0.25, 0.3) is 0 Å². The number of carbonyl (C=O) groups excluding carboxylic acids is 2. The number of anilines is 1. The van der Waals surface area contributed by atoms with E-state index in [1.54, 1.807) is 38.1 Å².